The quantitative estimate of drug-likeness (QED) is 0.348. The lowest BCUT2D eigenvalue weighted by Gasteiger charge is -2.33. The number of piperidine rings is 1. The van der Waals surface area contributed by atoms with Crippen LogP contribution in [0, 0.1) is 0 Å². The van der Waals surface area contributed by atoms with Crippen LogP contribution < -0.4 is 0 Å². The van der Waals surface area contributed by atoms with Crippen LogP contribution in [-0.2, 0) is 0 Å². The molecule has 0 aliphatic carbocycles. The zero-order chi connectivity index (χ0) is 15.2. The summed E-state index contributed by atoms with van der Waals surface area (Å²) in [4.78, 5) is 2.72. The summed E-state index contributed by atoms with van der Waals surface area (Å²) in [6.45, 7) is 7.43. The van der Waals surface area contributed by atoms with E-state index in [9.17, 15) is 0 Å². The first-order valence-corrected chi connectivity index (χ1v) is 10.1. The molecule has 1 aliphatic heterocycles. The summed E-state index contributed by atoms with van der Waals surface area (Å²) in [5, 5.41) is 0. The highest BCUT2D eigenvalue weighted by molar-refractivity contribution is 4.72. The highest BCUT2D eigenvalue weighted by Gasteiger charge is 2.16. The van der Waals surface area contributed by atoms with Gasteiger partial charge in [-0.15, -0.1) is 0 Å². The van der Waals surface area contributed by atoms with Crippen molar-refractivity contribution in [1.82, 2.24) is 4.90 Å². The molecule has 0 radical (unpaired) electrons. The van der Waals surface area contributed by atoms with Gasteiger partial charge in [-0.1, -0.05) is 84.0 Å². The summed E-state index contributed by atoms with van der Waals surface area (Å²) in [5.74, 6) is 0. The molecule has 1 aliphatic rings. The molecule has 1 nitrogen and oxygen atoms in total. The molecular formula is C20H41N. The molecule has 0 aromatic heterocycles. The van der Waals surface area contributed by atoms with E-state index >= 15 is 0 Å². The lowest BCUT2D eigenvalue weighted by molar-refractivity contribution is 0.157. The van der Waals surface area contributed by atoms with Crippen LogP contribution in [0.1, 0.15) is 110 Å². The summed E-state index contributed by atoms with van der Waals surface area (Å²) in [6.07, 6.45) is 21.8. The maximum atomic E-state index is 2.72. The predicted octanol–water partition coefficient (Wildman–Crippen LogP) is 6.56. The number of nitrogens with zero attached hydrogens (tertiary/aromatic N) is 1. The molecule has 0 bridgehead atoms. The monoisotopic (exact) mass is 295 g/mol. The Balaban J connectivity index is 1.76. The van der Waals surface area contributed by atoms with Crippen LogP contribution >= 0.6 is 0 Å². The van der Waals surface area contributed by atoms with Crippen molar-refractivity contribution in [2.75, 3.05) is 13.1 Å². The SMILES string of the molecule is CCCCCCCCCCCCCCN1CCCCC1C. The molecule has 21 heavy (non-hydrogen) atoms. The number of rotatable bonds is 13. The highest BCUT2D eigenvalue weighted by atomic mass is 15.1. The van der Waals surface area contributed by atoms with Crippen molar-refractivity contribution in [2.45, 2.75) is 116 Å². The second-order valence-corrected chi connectivity index (χ2v) is 7.27. The fourth-order valence-electron chi connectivity index (χ4n) is 3.65. The lowest BCUT2D eigenvalue weighted by atomic mass is 10.0. The zero-order valence-corrected chi connectivity index (χ0v) is 15.0. The van der Waals surface area contributed by atoms with Crippen molar-refractivity contribution in [3.63, 3.8) is 0 Å². The topological polar surface area (TPSA) is 3.24 Å². The summed E-state index contributed by atoms with van der Waals surface area (Å²) in [5.41, 5.74) is 0. The van der Waals surface area contributed by atoms with Crippen molar-refractivity contribution in [2.24, 2.45) is 0 Å². The first kappa shape index (κ1) is 19.0. The van der Waals surface area contributed by atoms with Crippen LogP contribution in [0.25, 0.3) is 0 Å². The Morgan fingerprint density at radius 1 is 0.714 bits per heavy atom. The minimum atomic E-state index is 0.853. The molecule has 126 valence electrons. The van der Waals surface area contributed by atoms with E-state index in [0.717, 1.165) is 6.04 Å². The van der Waals surface area contributed by atoms with Gasteiger partial charge < -0.3 is 4.90 Å². The van der Waals surface area contributed by atoms with Crippen molar-refractivity contribution >= 4 is 0 Å². The summed E-state index contributed by atoms with van der Waals surface area (Å²) in [6, 6.07) is 0.853. The Labute approximate surface area is 134 Å². The number of hydrogen-bond acceptors (Lipinski definition) is 1. The summed E-state index contributed by atoms with van der Waals surface area (Å²) in [7, 11) is 0. The number of unbranched alkanes of at least 4 members (excludes halogenated alkanes) is 11. The van der Waals surface area contributed by atoms with E-state index in [1.54, 1.807) is 0 Å². The van der Waals surface area contributed by atoms with Crippen LogP contribution in [-0.4, -0.2) is 24.0 Å². The van der Waals surface area contributed by atoms with Gasteiger partial charge in [0, 0.05) is 6.04 Å². The highest BCUT2D eigenvalue weighted by Crippen LogP contribution is 2.17. The normalized spacial score (nSPS) is 20.0. The molecule has 1 unspecified atom stereocenters. The Hall–Kier alpha value is -0.0400. The fourth-order valence-corrected chi connectivity index (χ4v) is 3.65. The molecule has 1 atom stereocenters. The zero-order valence-electron chi connectivity index (χ0n) is 15.0. The Bertz CT molecular complexity index is 214. The van der Waals surface area contributed by atoms with Gasteiger partial charge in [0.25, 0.3) is 0 Å². The Morgan fingerprint density at radius 3 is 1.76 bits per heavy atom. The van der Waals surface area contributed by atoms with Gasteiger partial charge in [-0.2, -0.15) is 0 Å². The largest absolute Gasteiger partial charge is 0.301 e. The maximum absolute atomic E-state index is 2.72. The average Bonchev–Trinajstić information content (AvgIpc) is 2.50. The predicted molar refractivity (Wildman–Crippen MR) is 96.0 cm³/mol. The van der Waals surface area contributed by atoms with Gasteiger partial charge in [-0.25, -0.2) is 0 Å². The van der Waals surface area contributed by atoms with Gasteiger partial charge in [-0.05, 0) is 39.3 Å². The molecule has 0 aromatic rings. The maximum Gasteiger partial charge on any atom is 0.00669 e. The van der Waals surface area contributed by atoms with Crippen molar-refractivity contribution < 1.29 is 0 Å². The average molecular weight is 296 g/mol. The summed E-state index contributed by atoms with van der Waals surface area (Å²) >= 11 is 0. The smallest absolute Gasteiger partial charge is 0.00669 e. The molecular weight excluding hydrogens is 254 g/mol. The molecule has 1 heterocycles. The molecule has 1 saturated heterocycles. The van der Waals surface area contributed by atoms with E-state index in [4.69, 9.17) is 0 Å². The van der Waals surface area contributed by atoms with Gasteiger partial charge in [0.1, 0.15) is 0 Å². The van der Waals surface area contributed by atoms with Crippen LogP contribution in [0.2, 0.25) is 0 Å². The second kappa shape index (κ2) is 13.6. The number of likely N-dealkylation sites (tertiary alicyclic amines) is 1. The van der Waals surface area contributed by atoms with E-state index in [0.29, 0.717) is 0 Å². The van der Waals surface area contributed by atoms with E-state index in [1.807, 2.05) is 0 Å². The third kappa shape index (κ3) is 10.3. The second-order valence-electron chi connectivity index (χ2n) is 7.27. The molecule has 0 amide bonds. The minimum absolute atomic E-state index is 0.853. The first-order valence-electron chi connectivity index (χ1n) is 10.1. The third-order valence-corrected chi connectivity index (χ3v) is 5.24. The van der Waals surface area contributed by atoms with Crippen LogP contribution in [0.3, 0.4) is 0 Å². The van der Waals surface area contributed by atoms with Gasteiger partial charge in [0.05, 0.1) is 0 Å². The molecule has 1 heteroatoms. The first-order chi connectivity index (χ1) is 10.3. The van der Waals surface area contributed by atoms with Crippen molar-refractivity contribution in [1.29, 1.82) is 0 Å². The van der Waals surface area contributed by atoms with Crippen molar-refractivity contribution in [3.8, 4) is 0 Å². The van der Waals surface area contributed by atoms with Gasteiger partial charge in [0.2, 0.25) is 0 Å². The van der Waals surface area contributed by atoms with E-state index < -0.39 is 0 Å². The van der Waals surface area contributed by atoms with Crippen LogP contribution in [0.15, 0.2) is 0 Å². The van der Waals surface area contributed by atoms with Crippen LogP contribution in [0.5, 0.6) is 0 Å². The molecule has 0 N–H and O–H groups in total. The Morgan fingerprint density at radius 2 is 1.24 bits per heavy atom. The minimum Gasteiger partial charge on any atom is -0.301 e. The van der Waals surface area contributed by atoms with E-state index in [2.05, 4.69) is 18.7 Å². The molecule has 0 aromatic carbocycles. The van der Waals surface area contributed by atoms with Gasteiger partial charge in [-0.3, -0.25) is 0 Å². The van der Waals surface area contributed by atoms with Crippen molar-refractivity contribution in [3.05, 3.63) is 0 Å². The third-order valence-electron chi connectivity index (χ3n) is 5.24. The summed E-state index contributed by atoms with van der Waals surface area (Å²) < 4.78 is 0. The van der Waals surface area contributed by atoms with Crippen LogP contribution in [0.4, 0.5) is 0 Å². The van der Waals surface area contributed by atoms with E-state index in [1.165, 1.54) is 109 Å². The lowest BCUT2D eigenvalue weighted by Crippen LogP contribution is -2.37. The Kier molecular flexibility index (Phi) is 12.3. The number of hydrogen-bond donors (Lipinski definition) is 0. The van der Waals surface area contributed by atoms with E-state index in [-0.39, 0.29) is 0 Å². The molecule has 0 spiro atoms. The molecule has 0 saturated carbocycles. The van der Waals surface area contributed by atoms with Gasteiger partial charge in [0.15, 0.2) is 0 Å². The fraction of sp³-hybridized carbons (Fsp3) is 1.00. The standard InChI is InChI=1S/C20H41N/c1-3-4-5-6-7-8-9-10-11-12-13-15-18-21-19-16-14-17-20(21)2/h20H,3-19H2,1-2H3. The molecule has 1 rings (SSSR count). The van der Waals surface area contributed by atoms with Gasteiger partial charge >= 0.3 is 0 Å². The molecule has 1 fully saturated rings.